The van der Waals surface area contributed by atoms with Crippen molar-refractivity contribution in [2.75, 3.05) is 5.75 Å². The van der Waals surface area contributed by atoms with Gasteiger partial charge >= 0.3 is 0 Å². The fraction of sp³-hybridized carbons (Fsp3) is 0.333. The van der Waals surface area contributed by atoms with Crippen LogP contribution in [0.3, 0.4) is 0 Å². The van der Waals surface area contributed by atoms with Gasteiger partial charge in [0.05, 0.1) is 11.1 Å². The summed E-state index contributed by atoms with van der Waals surface area (Å²) in [6, 6.07) is 5.72. The topological polar surface area (TPSA) is 89.0 Å². The Bertz CT molecular complexity index is 998. The van der Waals surface area contributed by atoms with E-state index in [0.29, 0.717) is 11.7 Å². The Kier molecular flexibility index (Phi) is 5.03. The zero-order chi connectivity index (χ0) is 17.9. The number of amides is 1. The third kappa shape index (κ3) is 3.66. The van der Waals surface area contributed by atoms with Crippen molar-refractivity contribution in [3.8, 4) is 0 Å². The standard InChI is InChI=1S/C18H18N4O2S2/c23-14(20-9-11-5-3-4-8-19-11)10-25-18-21-16(24)15-12-6-1-2-7-13(12)26-17(15)22-18/h3-5,8H,1-2,6-7,9-10H2,(H,20,23)(H,21,22,24)/p+1. The van der Waals surface area contributed by atoms with E-state index in [1.807, 2.05) is 24.4 Å². The minimum absolute atomic E-state index is 0.0869. The third-order valence-corrected chi connectivity index (χ3v) is 6.45. The molecule has 3 aromatic heterocycles. The van der Waals surface area contributed by atoms with Gasteiger partial charge in [0.2, 0.25) is 5.91 Å². The van der Waals surface area contributed by atoms with Crippen molar-refractivity contribution in [2.24, 2.45) is 0 Å². The van der Waals surface area contributed by atoms with Crippen LogP contribution >= 0.6 is 23.1 Å². The Balaban J connectivity index is 1.42. The summed E-state index contributed by atoms with van der Waals surface area (Å²) in [5.41, 5.74) is 2.03. The molecule has 0 saturated heterocycles. The summed E-state index contributed by atoms with van der Waals surface area (Å²) in [4.78, 5) is 37.1. The van der Waals surface area contributed by atoms with Gasteiger partial charge in [0.25, 0.3) is 5.56 Å². The number of aromatic amines is 2. The molecule has 0 unspecified atom stereocenters. The van der Waals surface area contributed by atoms with E-state index in [1.165, 1.54) is 28.6 Å². The largest absolute Gasteiger partial charge is 0.345 e. The van der Waals surface area contributed by atoms with Gasteiger partial charge in [-0.25, -0.2) is 9.97 Å². The molecule has 4 rings (SSSR count). The molecule has 0 fully saturated rings. The van der Waals surface area contributed by atoms with Gasteiger partial charge in [-0.3, -0.25) is 9.59 Å². The summed E-state index contributed by atoms with van der Waals surface area (Å²) in [6.45, 7) is 0.445. The fourth-order valence-corrected chi connectivity index (χ4v) is 5.14. The summed E-state index contributed by atoms with van der Waals surface area (Å²) in [7, 11) is 0. The number of pyridine rings is 1. The second kappa shape index (κ2) is 7.59. The van der Waals surface area contributed by atoms with Gasteiger partial charge in [0, 0.05) is 17.0 Å². The van der Waals surface area contributed by atoms with Crippen LogP contribution in [0.1, 0.15) is 29.0 Å². The van der Waals surface area contributed by atoms with Gasteiger partial charge in [0.1, 0.15) is 11.4 Å². The van der Waals surface area contributed by atoms with E-state index in [0.717, 1.165) is 35.2 Å². The van der Waals surface area contributed by atoms with Crippen molar-refractivity contribution < 1.29 is 9.78 Å². The molecule has 0 saturated carbocycles. The molecular weight excluding hydrogens is 368 g/mol. The number of aryl methyl sites for hydroxylation is 2. The van der Waals surface area contributed by atoms with Gasteiger partial charge < -0.3 is 10.3 Å². The second-order valence-electron chi connectivity index (χ2n) is 6.22. The summed E-state index contributed by atoms with van der Waals surface area (Å²) >= 11 is 2.88. The Labute approximate surface area is 158 Å². The Morgan fingerprint density at radius 3 is 3.08 bits per heavy atom. The zero-order valence-corrected chi connectivity index (χ0v) is 15.8. The van der Waals surface area contributed by atoms with Crippen molar-refractivity contribution in [3.63, 3.8) is 0 Å². The predicted molar refractivity (Wildman–Crippen MR) is 102 cm³/mol. The molecule has 0 aliphatic heterocycles. The number of hydrogen-bond donors (Lipinski definition) is 2. The number of rotatable bonds is 5. The van der Waals surface area contributed by atoms with Gasteiger partial charge in [-0.1, -0.05) is 17.8 Å². The fourth-order valence-electron chi connectivity index (χ4n) is 3.13. The number of hydrogen-bond acceptors (Lipinski definition) is 5. The van der Waals surface area contributed by atoms with Crippen LogP contribution in [0.15, 0.2) is 34.3 Å². The summed E-state index contributed by atoms with van der Waals surface area (Å²) in [5.74, 6) is 0.118. The lowest BCUT2D eigenvalue weighted by molar-refractivity contribution is -0.390. The normalized spacial score (nSPS) is 13.5. The van der Waals surface area contributed by atoms with Crippen LogP contribution in [0.2, 0.25) is 0 Å². The minimum Gasteiger partial charge on any atom is -0.345 e. The van der Waals surface area contributed by atoms with E-state index in [2.05, 4.69) is 20.3 Å². The molecule has 3 heterocycles. The number of H-pyrrole nitrogens is 2. The molecule has 3 N–H and O–H groups in total. The molecule has 0 aromatic carbocycles. The Morgan fingerprint density at radius 2 is 2.23 bits per heavy atom. The zero-order valence-electron chi connectivity index (χ0n) is 14.1. The van der Waals surface area contributed by atoms with Crippen molar-refractivity contribution in [1.82, 2.24) is 15.3 Å². The molecule has 1 amide bonds. The predicted octanol–water partition coefficient (Wildman–Crippen LogP) is 2.09. The van der Waals surface area contributed by atoms with Gasteiger partial charge in [-0.05, 0) is 31.2 Å². The lowest BCUT2D eigenvalue weighted by atomic mass is 9.97. The minimum atomic E-state index is -0.0968. The van der Waals surface area contributed by atoms with Crippen molar-refractivity contribution in [2.45, 2.75) is 37.4 Å². The van der Waals surface area contributed by atoms with Gasteiger partial charge in [-0.15, -0.1) is 11.3 Å². The number of carbonyl (C=O) groups is 1. The van der Waals surface area contributed by atoms with Crippen LogP contribution in [-0.4, -0.2) is 21.6 Å². The summed E-state index contributed by atoms with van der Waals surface area (Å²) in [5, 5.41) is 4.10. The molecule has 0 radical (unpaired) electrons. The molecule has 26 heavy (non-hydrogen) atoms. The molecule has 8 heteroatoms. The number of thiophene rings is 1. The first-order chi connectivity index (χ1) is 12.7. The molecule has 1 aliphatic rings. The third-order valence-electron chi connectivity index (χ3n) is 4.39. The lowest BCUT2D eigenvalue weighted by Crippen LogP contribution is -2.28. The average molecular weight is 388 g/mol. The second-order valence-corrected chi connectivity index (χ2v) is 8.26. The van der Waals surface area contributed by atoms with E-state index < -0.39 is 0 Å². The maximum atomic E-state index is 12.5. The molecule has 3 aromatic rings. The van der Waals surface area contributed by atoms with E-state index in [-0.39, 0.29) is 17.2 Å². The molecule has 6 nitrogen and oxygen atoms in total. The van der Waals surface area contributed by atoms with E-state index in [9.17, 15) is 9.59 Å². The molecule has 134 valence electrons. The summed E-state index contributed by atoms with van der Waals surface area (Å²) < 4.78 is 0. The number of aromatic nitrogens is 3. The first-order valence-electron chi connectivity index (χ1n) is 8.60. The van der Waals surface area contributed by atoms with E-state index >= 15 is 0 Å². The number of carbonyl (C=O) groups excluding carboxylic acids is 1. The smallest absolute Gasteiger partial charge is 0.260 e. The average Bonchev–Trinajstić information content (AvgIpc) is 3.04. The van der Waals surface area contributed by atoms with E-state index in [4.69, 9.17) is 0 Å². The molecular formula is C18H19N4O2S2+. The lowest BCUT2D eigenvalue weighted by Gasteiger charge is -2.09. The first kappa shape index (κ1) is 17.2. The van der Waals surface area contributed by atoms with Crippen LogP contribution in [0.4, 0.5) is 0 Å². The van der Waals surface area contributed by atoms with Crippen molar-refractivity contribution >= 4 is 39.2 Å². The maximum Gasteiger partial charge on any atom is 0.260 e. The highest BCUT2D eigenvalue weighted by Gasteiger charge is 2.20. The SMILES string of the molecule is O=C(CSc1nc2sc3c(c2c(=O)[nH]1)CCCC3)NCc1cccc[nH+]1. The van der Waals surface area contributed by atoms with Crippen molar-refractivity contribution in [3.05, 3.63) is 50.9 Å². The molecule has 0 spiro atoms. The van der Waals surface area contributed by atoms with Crippen LogP contribution in [-0.2, 0) is 24.2 Å². The monoisotopic (exact) mass is 387 g/mol. The first-order valence-corrected chi connectivity index (χ1v) is 10.4. The highest BCUT2D eigenvalue weighted by molar-refractivity contribution is 7.99. The van der Waals surface area contributed by atoms with Gasteiger partial charge in [-0.2, -0.15) is 0 Å². The van der Waals surface area contributed by atoms with Crippen LogP contribution in [0.5, 0.6) is 0 Å². The van der Waals surface area contributed by atoms with Crippen LogP contribution in [0, 0.1) is 0 Å². The highest BCUT2D eigenvalue weighted by atomic mass is 32.2. The molecule has 0 atom stereocenters. The van der Waals surface area contributed by atoms with Crippen molar-refractivity contribution in [1.29, 1.82) is 0 Å². The van der Waals surface area contributed by atoms with Gasteiger partial charge in [0.15, 0.2) is 17.0 Å². The van der Waals surface area contributed by atoms with Crippen LogP contribution < -0.4 is 15.9 Å². The number of fused-ring (bicyclic) bond motifs is 3. The number of nitrogens with zero attached hydrogens (tertiary/aromatic N) is 1. The summed E-state index contributed by atoms with van der Waals surface area (Å²) in [6.07, 6.45) is 6.13. The van der Waals surface area contributed by atoms with Crippen LogP contribution in [0.25, 0.3) is 10.2 Å². The molecule has 1 aliphatic carbocycles. The highest BCUT2D eigenvalue weighted by Crippen LogP contribution is 2.34. The number of nitrogens with one attached hydrogen (secondary N) is 3. The Hall–Kier alpha value is -2.19. The molecule has 0 bridgehead atoms. The maximum absolute atomic E-state index is 12.5. The number of thioether (sulfide) groups is 1. The quantitative estimate of drug-likeness (QED) is 0.518. The van der Waals surface area contributed by atoms with E-state index in [1.54, 1.807) is 11.3 Å². The Morgan fingerprint density at radius 1 is 1.35 bits per heavy atom.